The summed E-state index contributed by atoms with van der Waals surface area (Å²) in [5, 5.41) is -0.156. The summed E-state index contributed by atoms with van der Waals surface area (Å²) in [7, 11) is -4.84. The molecule has 4 nitrogen and oxygen atoms in total. The standard InChI is InChI=1S/C7H5Cl2O4P/c8-4-2-1-3-5(9)6(4)7(10)14(11,12)13/h1-3H,(H2,11,12,13). The van der Waals surface area contributed by atoms with E-state index >= 15 is 0 Å². The van der Waals surface area contributed by atoms with E-state index in [1.54, 1.807) is 0 Å². The molecule has 0 aliphatic rings. The van der Waals surface area contributed by atoms with Crippen molar-refractivity contribution in [2.24, 2.45) is 0 Å². The van der Waals surface area contributed by atoms with E-state index < -0.39 is 13.1 Å². The van der Waals surface area contributed by atoms with Crippen LogP contribution in [0.25, 0.3) is 0 Å². The molecule has 0 saturated heterocycles. The molecule has 1 aromatic rings. The van der Waals surface area contributed by atoms with Crippen molar-refractivity contribution < 1.29 is 19.1 Å². The third kappa shape index (κ3) is 2.35. The monoisotopic (exact) mass is 254 g/mol. The van der Waals surface area contributed by atoms with Gasteiger partial charge in [-0.1, -0.05) is 29.3 Å². The van der Waals surface area contributed by atoms with Crippen molar-refractivity contribution >= 4 is 36.3 Å². The Bertz CT molecular complexity index is 405. The first kappa shape index (κ1) is 11.7. The van der Waals surface area contributed by atoms with E-state index in [1.165, 1.54) is 18.2 Å². The zero-order chi connectivity index (χ0) is 10.9. The van der Waals surface area contributed by atoms with Gasteiger partial charge < -0.3 is 9.79 Å². The average Bonchev–Trinajstić information content (AvgIpc) is 2.01. The SMILES string of the molecule is O=C(c1c(Cl)cccc1Cl)P(=O)(O)O. The van der Waals surface area contributed by atoms with E-state index in [4.69, 9.17) is 33.0 Å². The predicted molar refractivity (Wildman–Crippen MR) is 52.8 cm³/mol. The van der Waals surface area contributed by atoms with Crippen LogP contribution in [0.4, 0.5) is 0 Å². The summed E-state index contributed by atoms with van der Waals surface area (Å²) >= 11 is 11.2. The molecule has 0 radical (unpaired) electrons. The second-order valence-electron chi connectivity index (χ2n) is 2.45. The van der Waals surface area contributed by atoms with Gasteiger partial charge in [0.2, 0.25) is 0 Å². The third-order valence-electron chi connectivity index (χ3n) is 1.44. The minimum Gasteiger partial charge on any atom is -0.319 e. The van der Waals surface area contributed by atoms with Gasteiger partial charge in [-0.3, -0.25) is 9.36 Å². The normalized spacial score (nSPS) is 11.4. The lowest BCUT2D eigenvalue weighted by Gasteiger charge is -2.06. The van der Waals surface area contributed by atoms with Crippen LogP contribution < -0.4 is 0 Å². The van der Waals surface area contributed by atoms with Crippen LogP contribution in [-0.2, 0) is 4.57 Å². The molecular weight excluding hydrogens is 250 g/mol. The van der Waals surface area contributed by atoms with E-state index in [9.17, 15) is 9.36 Å². The molecule has 0 aliphatic heterocycles. The van der Waals surface area contributed by atoms with Crippen molar-refractivity contribution in [2.75, 3.05) is 0 Å². The molecule has 0 bridgehead atoms. The van der Waals surface area contributed by atoms with E-state index in [1.807, 2.05) is 0 Å². The molecule has 14 heavy (non-hydrogen) atoms. The van der Waals surface area contributed by atoms with Crippen molar-refractivity contribution in [1.82, 2.24) is 0 Å². The van der Waals surface area contributed by atoms with E-state index in [0.29, 0.717) is 0 Å². The van der Waals surface area contributed by atoms with Crippen molar-refractivity contribution in [3.8, 4) is 0 Å². The summed E-state index contributed by atoms with van der Waals surface area (Å²) in [5.41, 5.74) is -1.71. The summed E-state index contributed by atoms with van der Waals surface area (Å²) in [6, 6.07) is 4.13. The number of rotatable bonds is 2. The zero-order valence-electron chi connectivity index (χ0n) is 6.65. The average molecular weight is 255 g/mol. The largest absolute Gasteiger partial charge is 0.396 e. The zero-order valence-corrected chi connectivity index (χ0v) is 9.05. The lowest BCUT2D eigenvalue weighted by molar-refractivity contribution is 0.104. The summed E-state index contributed by atoms with van der Waals surface area (Å²) < 4.78 is 10.7. The maximum atomic E-state index is 11.2. The van der Waals surface area contributed by atoms with Gasteiger partial charge in [0.1, 0.15) is 0 Å². The highest BCUT2D eigenvalue weighted by Gasteiger charge is 2.30. The van der Waals surface area contributed by atoms with Gasteiger partial charge in [0.05, 0.1) is 15.6 Å². The van der Waals surface area contributed by atoms with Crippen LogP contribution in [0.15, 0.2) is 18.2 Å². The van der Waals surface area contributed by atoms with Gasteiger partial charge in [-0.2, -0.15) is 0 Å². The summed E-state index contributed by atoms with van der Waals surface area (Å²) in [6.45, 7) is 0. The molecule has 0 spiro atoms. The van der Waals surface area contributed by atoms with E-state index in [2.05, 4.69) is 0 Å². The van der Waals surface area contributed by atoms with Crippen LogP contribution in [0.1, 0.15) is 10.4 Å². The van der Waals surface area contributed by atoms with Gasteiger partial charge in [-0.15, -0.1) is 0 Å². The van der Waals surface area contributed by atoms with Crippen LogP contribution in [-0.4, -0.2) is 15.3 Å². The summed E-state index contributed by atoms with van der Waals surface area (Å²) in [5.74, 6) is 0. The Morgan fingerprint density at radius 3 is 2.00 bits per heavy atom. The van der Waals surface area contributed by atoms with Crippen LogP contribution in [0, 0.1) is 0 Å². The predicted octanol–water partition coefficient (Wildman–Crippen LogP) is 2.31. The lowest BCUT2D eigenvalue weighted by Crippen LogP contribution is -2.01. The molecule has 0 amide bonds. The molecule has 1 rings (SSSR count). The number of halogens is 2. The first-order chi connectivity index (χ1) is 6.34. The van der Waals surface area contributed by atoms with Gasteiger partial charge in [-0.25, -0.2) is 0 Å². The Morgan fingerprint density at radius 1 is 1.21 bits per heavy atom. The number of benzene rings is 1. The number of carbonyl (C=O) groups excluding carboxylic acids is 1. The highest BCUT2D eigenvalue weighted by Crippen LogP contribution is 2.42. The summed E-state index contributed by atoms with van der Waals surface area (Å²) in [4.78, 5) is 28.4. The van der Waals surface area contributed by atoms with Gasteiger partial charge in [0, 0.05) is 0 Å². The molecular formula is C7H5Cl2O4P. The van der Waals surface area contributed by atoms with Crippen molar-refractivity contribution in [1.29, 1.82) is 0 Å². The number of carbonyl (C=O) groups is 1. The molecule has 0 aliphatic carbocycles. The first-order valence-electron chi connectivity index (χ1n) is 3.38. The fourth-order valence-corrected chi connectivity index (χ4v) is 2.08. The Labute approximate surface area is 89.6 Å². The molecule has 0 fully saturated rings. The van der Waals surface area contributed by atoms with Gasteiger partial charge in [0.15, 0.2) is 0 Å². The first-order valence-corrected chi connectivity index (χ1v) is 5.75. The Hall–Kier alpha value is -0.380. The highest BCUT2D eigenvalue weighted by molar-refractivity contribution is 7.71. The molecule has 76 valence electrons. The Kier molecular flexibility index (Phi) is 3.35. The lowest BCUT2D eigenvalue weighted by atomic mass is 10.2. The van der Waals surface area contributed by atoms with Crippen LogP contribution >= 0.6 is 30.8 Å². The van der Waals surface area contributed by atoms with Crippen LogP contribution in [0.3, 0.4) is 0 Å². The van der Waals surface area contributed by atoms with Crippen molar-refractivity contribution in [3.63, 3.8) is 0 Å². The number of hydrogen-bond donors (Lipinski definition) is 2. The molecule has 0 saturated carbocycles. The molecule has 0 heterocycles. The smallest absolute Gasteiger partial charge is 0.319 e. The second kappa shape index (κ2) is 4.01. The highest BCUT2D eigenvalue weighted by atomic mass is 35.5. The Morgan fingerprint density at radius 2 is 1.64 bits per heavy atom. The van der Waals surface area contributed by atoms with Crippen molar-refractivity contribution in [3.05, 3.63) is 33.8 Å². The molecule has 2 N–H and O–H groups in total. The molecule has 0 aromatic heterocycles. The molecule has 0 atom stereocenters. The molecule has 0 unspecified atom stereocenters. The fraction of sp³-hybridized carbons (Fsp3) is 0. The van der Waals surface area contributed by atoms with Gasteiger partial charge in [0.25, 0.3) is 5.52 Å². The Balaban J connectivity index is 3.34. The minimum absolute atomic E-state index is 0.0779. The maximum absolute atomic E-state index is 11.2. The number of hydrogen-bond acceptors (Lipinski definition) is 2. The third-order valence-corrected chi connectivity index (χ3v) is 2.82. The van der Waals surface area contributed by atoms with Gasteiger partial charge in [-0.05, 0) is 12.1 Å². The van der Waals surface area contributed by atoms with Gasteiger partial charge >= 0.3 is 7.60 Å². The van der Waals surface area contributed by atoms with Crippen molar-refractivity contribution in [2.45, 2.75) is 0 Å². The van der Waals surface area contributed by atoms with E-state index in [-0.39, 0.29) is 15.6 Å². The molecule has 7 heteroatoms. The quantitative estimate of drug-likeness (QED) is 0.795. The van der Waals surface area contributed by atoms with Crippen LogP contribution in [0.5, 0.6) is 0 Å². The van der Waals surface area contributed by atoms with E-state index in [0.717, 1.165) is 0 Å². The summed E-state index contributed by atoms with van der Waals surface area (Å²) in [6.07, 6.45) is 0. The maximum Gasteiger partial charge on any atom is 0.396 e. The second-order valence-corrected chi connectivity index (χ2v) is 4.75. The molecule has 1 aromatic carbocycles. The fourth-order valence-electron chi connectivity index (χ4n) is 0.848. The minimum atomic E-state index is -4.84. The topological polar surface area (TPSA) is 74.6 Å². The van der Waals surface area contributed by atoms with Crippen LogP contribution in [0.2, 0.25) is 10.0 Å².